The third-order valence-electron chi connectivity index (χ3n) is 7.43. The molecule has 7 heteroatoms. The molecule has 1 unspecified atom stereocenters. The second kappa shape index (κ2) is 7.20. The van der Waals surface area contributed by atoms with Crippen LogP contribution < -0.4 is 10.2 Å². The molecule has 7 nitrogen and oxygen atoms in total. The van der Waals surface area contributed by atoms with E-state index in [0.29, 0.717) is 6.04 Å². The van der Waals surface area contributed by atoms with Gasteiger partial charge in [-0.3, -0.25) is 0 Å². The van der Waals surface area contributed by atoms with Crippen LogP contribution in [0, 0.1) is 0 Å². The summed E-state index contributed by atoms with van der Waals surface area (Å²) in [7, 11) is 2.25. The Morgan fingerprint density at radius 3 is 2.77 bits per heavy atom. The molecular formula is C24H27N7. The first-order valence-electron chi connectivity index (χ1n) is 11.1. The van der Waals surface area contributed by atoms with Gasteiger partial charge in [0.05, 0.1) is 11.6 Å². The van der Waals surface area contributed by atoms with E-state index in [1.807, 2.05) is 0 Å². The van der Waals surface area contributed by atoms with Crippen molar-refractivity contribution in [1.82, 2.24) is 30.9 Å². The maximum atomic E-state index is 4.31. The predicted molar refractivity (Wildman–Crippen MR) is 121 cm³/mol. The number of benzene rings is 2. The van der Waals surface area contributed by atoms with Crippen LogP contribution in [-0.4, -0.2) is 38.7 Å². The van der Waals surface area contributed by atoms with Crippen LogP contribution in [0.15, 0.2) is 54.7 Å². The minimum absolute atomic E-state index is 0.0309. The first-order valence-corrected chi connectivity index (χ1v) is 11.1. The Kier molecular flexibility index (Phi) is 4.31. The van der Waals surface area contributed by atoms with E-state index in [1.54, 1.807) is 0 Å². The van der Waals surface area contributed by atoms with Gasteiger partial charge in [-0.05, 0) is 49.8 Å². The zero-order valence-electron chi connectivity index (χ0n) is 17.7. The third-order valence-corrected chi connectivity index (χ3v) is 7.43. The Labute approximate surface area is 181 Å². The number of aromatic amines is 2. The molecule has 1 spiro atoms. The number of H-pyrrole nitrogens is 2. The van der Waals surface area contributed by atoms with E-state index >= 15 is 0 Å². The number of hydrogen-bond donors (Lipinski definition) is 3. The Morgan fingerprint density at radius 2 is 1.94 bits per heavy atom. The summed E-state index contributed by atoms with van der Waals surface area (Å²) >= 11 is 0. The number of anilines is 1. The summed E-state index contributed by atoms with van der Waals surface area (Å²) in [4.78, 5) is 5.87. The molecule has 1 aliphatic heterocycles. The average molecular weight is 414 g/mol. The topological polar surface area (TPSA) is 85.5 Å². The molecule has 0 bridgehead atoms. The first kappa shape index (κ1) is 18.6. The highest BCUT2D eigenvalue weighted by Crippen LogP contribution is 2.54. The monoisotopic (exact) mass is 413 g/mol. The van der Waals surface area contributed by atoms with Crippen molar-refractivity contribution in [1.29, 1.82) is 0 Å². The molecule has 158 valence electrons. The van der Waals surface area contributed by atoms with Crippen LogP contribution >= 0.6 is 0 Å². The summed E-state index contributed by atoms with van der Waals surface area (Å²) in [5.74, 6) is 0.733. The quantitative estimate of drug-likeness (QED) is 0.463. The van der Waals surface area contributed by atoms with Gasteiger partial charge in [-0.15, -0.1) is 10.2 Å². The van der Waals surface area contributed by atoms with Crippen molar-refractivity contribution in [2.24, 2.45) is 0 Å². The number of hydrogen-bond acceptors (Lipinski definition) is 5. The van der Waals surface area contributed by atoms with Crippen LogP contribution in [0.1, 0.15) is 48.7 Å². The highest BCUT2D eigenvalue weighted by molar-refractivity contribution is 5.83. The lowest BCUT2D eigenvalue weighted by molar-refractivity contribution is 0.212. The van der Waals surface area contributed by atoms with E-state index in [2.05, 4.69) is 97.6 Å². The minimum atomic E-state index is 0.0309. The summed E-state index contributed by atoms with van der Waals surface area (Å²) in [6, 6.07) is 17.8. The zero-order chi connectivity index (χ0) is 20.8. The molecule has 1 aliphatic carbocycles. The van der Waals surface area contributed by atoms with E-state index in [-0.39, 0.29) is 11.6 Å². The molecule has 1 atom stereocenters. The number of rotatable bonds is 5. The fraction of sp³-hybridized carbons (Fsp3) is 0.375. The third kappa shape index (κ3) is 2.95. The fourth-order valence-electron chi connectivity index (χ4n) is 5.73. The number of nitrogens with zero attached hydrogens (tertiary/aromatic N) is 4. The van der Waals surface area contributed by atoms with Crippen molar-refractivity contribution >= 4 is 16.6 Å². The van der Waals surface area contributed by atoms with Crippen LogP contribution in [-0.2, 0) is 12.0 Å². The van der Waals surface area contributed by atoms with Gasteiger partial charge in [-0.2, -0.15) is 5.21 Å². The molecule has 6 rings (SSSR count). The number of tetrazole rings is 1. The van der Waals surface area contributed by atoms with Gasteiger partial charge in [0.15, 0.2) is 5.82 Å². The van der Waals surface area contributed by atoms with Crippen molar-refractivity contribution in [2.75, 3.05) is 11.9 Å². The van der Waals surface area contributed by atoms with Crippen LogP contribution in [0.5, 0.6) is 0 Å². The smallest absolute Gasteiger partial charge is 0.191 e. The summed E-state index contributed by atoms with van der Waals surface area (Å²) in [5, 5.41) is 20.2. The molecule has 0 saturated heterocycles. The number of aromatic nitrogens is 5. The van der Waals surface area contributed by atoms with Gasteiger partial charge in [0.1, 0.15) is 0 Å². The van der Waals surface area contributed by atoms with Crippen molar-refractivity contribution in [2.45, 2.75) is 49.7 Å². The molecule has 0 amide bonds. The largest absolute Gasteiger partial charge is 0.364 e. The summed E-state index contributed by atoms with van der Waals surface area (Å²) in [5.41, 5.74) is 5.56. The molecule has 2 aliphatic rings. The highest BCUT2D eigenvalue weighted by atomic mass is 15.5. The lowest BCUT2D eigenvalue weighted by atomic mass is 9.68. The Hall–Kier alpha value is -3.19. The zero-order valence-corrected chi connectivity index (χ0v) is 17.7. The predicted octanol–water partition coefficient (Wildman–Crippen LogP) is 3.84. The number of fused-ring (bicyclic) bond motifs is 3. The van der Waals surface area contributed by atoms with Gasteiger partial charge in [0.2, 0.25) is 0 Å². The molecule has 3 N–H and O–H groups in total. The van der Waals surface area contributed by atoms with Gasteiger partial charge in [0, 0.05) is 41.4 Å². The Bertz CT molecular complexity index is 1190. The van der Waals surface area contributed by atoms with E-state index < -0.39 is 0 Å². The van der Waals surface area contributed by atoms with E-state index in [4.69, 9.17) is 0 Å². The number of para-hydroxylation sites is 2. The SMILES string of the molecule is CN1c2ccccc2C12CCC(NC(Cc1c[nH]c3ccccc13)c1nn[nH]n1)CC2. The molecule has 0 radical (unpaired) electrons. The summed E-state index contributed by atoms with van der Waals surface area (Å²) in [6.07, 6.45) is 7.56. The lowest BCUT2D eigenvalue weighted by Crippen LogP contribution is -2.56. The van der Waals surface area contributed by atoms with Gasteiger partial charge in [-0.1, -0.05) is 41.6 Å². The molecule has 4 aromatic rings. The summed E-state index contributed by atoms with van der Waals surface area (Å²) in [6.45, 7) is 0. The Balaban J connectivity index is 1.19. The molecule has 3 heterocycles. The molecule has 2 aromatic carbocycles. The molecule has 31 heavy (non-hydrogen) atoms. The lowest BCUT2D eigenvalue weighted by Gasteiger charge is -2.56. The van der Waals surface area contributed by atoms with Crippen LogP contribution in [0.3, 0.4) is 0 Å². The van der Waals surface area contributed by atoms with Gasteiger partial charge >= 0.3 is 0 Å². The maximum absolute atomic E-state index is 4.31. The van der Waals surface area contributed by atoms with E-state index in [9.17, 15) is 0 Å². The van der Waals surface area contributed by atoms with Gasteiger partial charge in [0.25, 0.3) is 0 Å². The average Bonchev–Trinajstić information content (AvgIpc) is 3.50. The molecule has 2 aromatic heterocycles. The minimum Gasteiger partial charge on any atom is -0.364 e. The standard InChI is InChI=1S/C24H27N7/c1-31-22-9-5-3-7-19(22)24(31)12-10-17(11-13-24)26-21(23-27-29-30-28-23)14-16-15-25-20-8-4-2-6-18(16)20/h2-9,15,17,21,25-26H,10-14H2,1H3,(H,27,28,29,30). The fourth-order valence-corrected chi connectivity index (χ4v) is 5.73. The highest BCUT2D eigenvalue weighted by Gasteiger charge is 2.49. The van der Waals surface area contributed by atoms with Crippen molar-refractivity contribution in [3.8, 4) is 0 Å². The normalized spacial score (nSPS) is 23.6. The van der Waals surface area contributed by atoms with E-state index in [0.717, 1.165) is 30.6 Å². The van der Waals surface area contributed by atoms with Gasteiger partial charge < -0.3 is 15.2 Å². The van der Waals surface area contributed by atoms with Crippen LogP contribution in [0.25, 0.3) is 10.9 Å². The van der Waals surface area contributed by atoms with E-state index in [1.165, 1.54) is 35.0 Å². The molecule has 1 saturated carbocycles. The van der Waals surface area contributed by atoms with Crippen LogP contribution in [0.4, 0.5) is 5.69 Å². The van der Waals surface area contributed by atoms with Crippen molar-refractivity contribution < 1.29 is 0 Å². The van der Waals surface area contributed by atoms with Crippen molar-refractivity contribution in [3.63, 3.8) is 0 Å². The van der Waals surface area contributed by atoms with Crippen molar-refractivity contribution in [3.05, 3.63) is 71.7 Å². The second-order valence-corrected chi connectivity index (χ2v) is 8.93. The maximum Gasteiger partial charge on any atom is 0.191 e. The molecular weight excluding hydrogens is 386 g/mol. The second-order valence-electron chi connectivity index (χ2n) is 8.93. The Morgan fingerprint density at radius 1 is 1.13 bits per heavy atom. The molecule has 1 fully saturated rings. The summed E-state index contributed by atoms with van der Waals surface area (Å²) < 4.78 is 0. The van der Waals surface area contributed by atoms with Crippen LogP contribution in [0.2, 0.25) is 0 Å². The first-order chi connectivity index (χ1) is 15.2. The number of nitrogens with one attached hydrogen (secondary N) is 3. The van der Waals surface area contributed by atoms with Gasteiger partial charge in [-0.25, -0.2) is 0 Å².